The van der Waals surface area contributed by atoms with Gasteiger partial charge in [0.1, 0.15) is 0 Å². The Kier molecular flexibility index (Phi) is 4.78. The molecule has 0 saturated carbocycles. The summed E-state index contributed by atoms with van der Waals surface area (Å²) in [7, 11) is 0. The zero-order valence-corrected chi connectivity index (χ0v) is 13.4. The van der Waals surface area contributed by atoms with Crippen LogP contribution in [0.5, 0.6) is 0 Å². The maximum absolute atomic E-state index is 11.8. The van der Waals surface area contributed by atoms with E-state index in [1.54, 1.807) is 17.4 Å². The second kappa shape index (κ2) is 7.15. The highest BCUT2D eigenvalue weighted by Crippen LogP contribution is 2.21. The molecule has 0 fully saturated rings. The molecule has 0 aliphatic rings. The van der Waals surface area contributed by atoms with E-state index in [-0.39, 0.29) is 5.91 Å². The Morgan fingerprint density at radius 2 is 2.05 bits per heavy atom. The Bertz CT molecular complexity index is 761. The second-order valence-electron chi connectivity index (χ2n) is 4.63. The Labute approximate surface area is 137 Å². The van der Waals surface area contributed by atoms with Gasteiger partial charge in [-0.25, -0.2) is 4.98 Å². The van der Waals surface area contributed by atoms with Gasteiger partial charge in [0.15, 0.2) is 5.13 Å². The van der Waals surface area contributed by atoms with Gasteiger partial charge in [-0.15, -0.1) is 22.7 Å². The number of hydrogen-bond donors (Lipinski definition) is 1. The highest BCUT2D eigenvalue weighted by atomic mass is 32.1. The number of aromatic nitrogens is 1. The lowest BCUT2D eigenvalue weighted by Crippen LogP contribution is -2.06. The van der Waals surface area contributed by atoms with Crippen molar-refractivity contribution in [1.82, 2.24) is 4.98 Å². The van der Waals surface area contributed by atoms with Gasteiger partial charge in [-0.2, -0.15) is 0 Å². The highest BCUT2D eigenvalue weighted by Gasteiger charge is 2.05. The van der Waals surface area contributed by atoms with Crippen LogP contribution in [0.15, 0.2) is 60.1 Å². The molecule has 0 aliphatic heterocycles. The summed E-state index contributed by atoms with van der Waals surface area (Å²) in [6.07, 6.45) is 5.98. The number of rotatable bonds is 5. The van der Waals surface area contributed by atoms with Crippen LogP contribution >= 0.6 is 22.7 Å². The van der Waals surface area contributed by atoms with E-state index in [1.807, 2.05) is 41.9 Å². The van der Waals surface area contributed by atoms with Crippen LogP contribution in [-0.4, -0.2) is 10.9 Å². The van der Waals surface area contributed by atoms with Crippen molar-refractivity contribution in [3.05, 3.63) is 75.4 Å². The van der Waals surface area contributed by atoms with Gasteiger partial charge < -0.3 is 0 Å². The van der Waals surface area contributed by atoms with Crippen molar-refractivity contribution in [2.45, 2.75) is 6.42 Å². The summed E-state index contributed by atoms with van der Waals surface area (Å²) in [5, 5.41) is 5.41. The molecule has 1 N–H and O–H groups in total. The van der Waals surface area contributed by atoms with Gasteiger partial charge in [0.05, 0.1) is 0 Å². The average Bonchev–Trinajstić information content (AvgIpc) is 3.18. The van der Waals surface area contributed by atoms with Crippen LogP contribution in [-0.2, 0) is 11.2 Å². The molecule has 1 amide bonds. The lowest BCUT2D eigenvalue weighted by Gasteiger charge is -1.97. The number of nitrogens with zero attached hydrogens (tertiary/aromatic N) is 1. The standard InChI is InChI=1S/C17H14N2OS2/c20-16(9-8-14-7-4-10-21-14)19-17-18-12-15(22-17)11-13-5-2-1-3-6-13/h1-10,12H,11H2,(H,18,19,20)/b9-8+. The van der Waals surface area contributed by atoms with Gasteiger partial charge in [0, 0.05) is 28.4 Å². The fraction of sp³-hybridized carbons (Fsp3) is 0.0588. The predicted molar refractivity (Wildman–Crippen MR) is 93.3 cm³/mol. The van der Waals surface area contributed by atoms with Crippen LogP contribution in [0.2, 0.25) is 0 Å². The first-order chi connectivity index (χ1) is 10.8. The summed E-state index contributed by atoms with van der Waals surface area (Å²) in [5.74, 6) is -0.158. The number of anilines is 1. The van der Waals surface area contributed by atoms with Gasteiger partial charge in [-0.05, 0) is 23.1 Å². The molecule has 2 heterocycles. The van der Waals surface area contributed by atoms with E-state index in [0.717, 1.165) is 16.2 Å². The van der Waals surface area contributed by atoms with Gasteiger partial charge in [-0.3, -0.25) is 10.1 Å². The molecule has 1 aromatic carbocycles. The normalized spacial score (nSPS) is 10.9. The third kappa shape index (κ3) is 4.13. The Morgan fingerprint density at radius 3 is 2.82 bits per heavy atom. The Balaban J connectivity index is 1.58. The van der Waals surface area contributed by atoms with E-state index >= 15 is 0 Å². The monoisotopic (exact) mass is 326 g/mol. The smallest absolute Gasteiger partial charge is 0.250 e. The molecule has 5 heteroatoms. The van der Waals surface area contributed by atoms with Gasteiger partial charge in [0.25, 0.3) is 0 Å². The van der Waals surface area contributed by atoms with Crippen LogP contribution in [0.1, 0.15) is 15.3 Å². The summed E-state index contributed by atoms with van der Waals surface area (Å²) in [6, 6.07) is 14.1. The van der Waals surface area contributed by atoms with Crippen molar-refractivity contribution in [3.63, 3.8) is 0 Å². The summed E-state index contributed by atoms with van der Waals surface area (Å²) in [4.78, 5) is 18.3. The zero-order valence-electron chi connectivity index (χ0n) is 11.7. The van der Waals surface area contributed by atoms with Crippen molar-refractivity contribution in [2.75, 3.05) is 5.32 Å². The third-order valence-corrected chi connectivity index (χ3v) is 4.70. The van der Waals surface area contributed by atoms with E-state index in [2.05, 4.69) is 22.4 Å². The third-order valence-electron chi connectivity index (χ3n) is 2.95. The number of thiophene rings is 1. The molecule has 3 aromatic rings. The zero-order chi connectivity index (χ0) is 15.2. The molecule has 0 bridgehead atoms. The highest BCUT2D eigenvalue weighted by molar-refractivity contribution is 7.15. The number of nitrogens with one attached hydrogen (secondary N) is 1. The summed E-state index contributed by atoms with van der Waals surface area (Å²) >= 11 is 3.10. The van der Waals surface area contributed by atoms with Gasteiger partial charge >= 0.3 is 0 Å². The molecule has 2 aromatic heterocycles. The molecule has 22 heavy (non-hydrogen) atoms. The number of carbonyl (C=O) groups excluding carboxylic acids is 1. The molecule has 0 atom stereocenters. The number of thiazole rings is 1. The minimum atomic E-state index is -0.158. The minimum absolute atomic E-state index is 0.158. The molecule has 3 nitrogen and oxygen atoms in total. The van der Waals surface area contributed by atoms with Crippen LogP contribution in [0.4, 0.5) is 5.13 Å². The SMILES string of the molecule is O=C(/C=C/c1cccs1)Nc1ncc(Cc2ccccc2)s1. The largest absolute Gasteiger partial charge is 0.298 e. The summed E-state index contributed by atoms with van der Waals surface area (Å²) in [6.45, 7) is 0. The van der Waals surface area contributed by atoms with Crippen molar-refractivity contribution < 1.29 is 4.79 Å². The molecule has 3 rings (SSSR count). The predicted octanol–water partition coefficient (Wildman–Crippen LogP) is 4.45. The fourth-order valence-electron chi connectivity index (χ4n) is 1.94. The summed E-state index contributed by atoms with van der Waals surface area (Å²) < 4.78 is 0. The second-order valence-corrected chi connectivity index (χ2v) is 6.73. The molecule has 0 spiro atoms. The van der Waals surface area contributed by atoms with Crippen molar-refractivity contribution >= 4 is 39.8 Å². The quantitative estimate of drug-likeness (QED) is 0.704. The van der Waals surface area contributed by atoms with E-state index in [1.165, 1.54) is 23.0 Å². The molecular formula is C17H14N2OS2. The topological polar surface area (TPSA) is 42.0 Å². The first-order valence-corrected chi connectivity index (χ1v) is 8.50. The van der Waals surface area contributed by atoms with Crippen LogP contribution in [0.3, 0.4) is 0 Å². The van der Waals surface area contributed by atoms with E-state index < -0.39 is 0 Å². The molecule has 110 valence electrons. The number of benzene rings is 1. The van der Waals surface area contributed by atoms with Crippen LogP contribution in [0.25, 0.3) is 6.08 Å². The van der Waals surface area contributed by atoms with Gasteiger partial charge in [-0.1, -0.05) is 36.4 Å². The number of carbonyl (C=O) groups is 1. The first-order valence-electron chi connectivity index (χ1n) is 6.81. The molecule has 0 radical (unpaired) electrons. The van der Waals surface area contributed by atoms with Crippen LogP contribution in [0, 0.1) is 0 Å². The van der Waals surface area contributed by atoms with Crippen LogP contribution < -0.4 is 5.32 Å². The number of hydrogen-bond acceptors (Lipinski definition) is 4. The van der Waals surface area contributed by atoms with E-state index in [4.69, 9.17) is 0 Å². The Morgan fingerprint density at radius 1 is 1.18 bits per heavy atom. The molecule has 0 saturated heterocycles. The average molecular weight is 326 g/mol. The molecular weight excluding hydrogens is 312 g/mol. The first kappa shape index (κ1) is 14.7. The lowest BCUT2D eigenvalue weighted by atomic mass is 10.1. The van der Waals surface area contributed by atoms with Crippen molar-refractivity contribution in [1.29, 1.82) is 0 Å². The van der Waals surface area contributed by atoms with Crippen molar-refractivity contribution in [3.8, 4) is 0 Å². The summed E-state index contributed by atoms with van der Waals surface area (Å²) in [5.41, 5.74) is 1.24. The maximum atomic E-state index is 11.8. The Hall–Kier alpha value is -2.24. The van der Waals surface area contributed by atoms with Crippen molar-refractivity contribution in [2.24, 2.45) is 0 Å². The lowest BCUT2D eigenvalue weighted by molar-refractivity contribution is -0.111. The van der Waals surface area contributed by atoms with E-state index in [9.17, 15) is 4.79 Å². The molecule has 0 unspecified atom stereocenters. The van der Waals surface area contributed by atoms with E-state index in [0.29, 0.717) is 5.13 Å². The number of amides is 1. The fourth-order valence-corrected chi connectivity index (χ4v) is 3.40. The van der Waals surface area contributed by atoms with Gasteiger partial charge in [0.2, 0.25) is 5.91 Å². The molecule has 0 aliphatic carbocycles. The maximum Gasteiger partial charge on any atom is 0.250 e. The minimum Gasteiger partial charge on any atom is -0.298 e.